The van der Waals surface area contributed by atoms with Crippen molar-refractivity contribution in [1.82, 2.24) is 5.32 Å². The molecule has 0 radical (unpaired) electrons. The Bertz CT molecular complexity index is 955. The standard InChI is InChI=1S/C19H15BrN2O3S/c20-16-7-2-1-6-15(16)18(24)22-19(26)21-13-5-3-4-12(10-13)17-9-8-14(11-23)25-17/h1-10,23H,11H2,(H2,21,22,24,26). The number of aliphatic hydroxyl groups is 1. The Hall–Kier alpha value is -2.48. The molecule has 3 N–H and O–H groups in total. The monoisotopic (exact) mass is 430 g/mol. The Morgan fingerprint density at radius 1 is 1.12 bits per heavy atom. The maximum Gasteiger partial charge on any atom is 0.258 e. The lowest BCUT2D eigenvalue weighted by Gasteiger charge is -2.11. The third kappa shape index (κ3) is 4.37. The first-order valence-corrected chi connectivity index (χ1v) is 8.94. The number of anilines is 1. The average molecular weight is 431 g/mol. The Kier molecular flexibility index (Phi) is 5.82. The first kappa shape index (κ1) is 18.3. The van der Waals surface area contributed by atoms with Crippen molar-refractivity contribution in [1.29, 1.82) is 0 Å². The van der Waals surface area contributed by atoms with Gasteiger partial charge in [-0.3, -0.25) is 10.1 Å². The maximum absolute atomic E-state index is 12.3. The molecule has 0 bridgehead atoms. The van der Waals surface area contributed by atoms with Crippen LogP contribution in [-0.4, -0.2) is 16.1 Å². The molecule has 132 valence electrons. The largest absolute Gasteiger partial charge is 0.459 e. The molecule has 1 amide bonds. The van der Waals surface area contributed by atoms with E-state index in [1.54, 1.807) is 30.3 Å². The zero-order chi connectivity index (χ0) is 18.5. The topological polar surface area (TPSA) is 74.5 Å². The van der Waals surface area contributed by atoms with Crippen LogP contribution in [-0.2, 0) is 6.61 Å². The van der Waals surface area contributed by atoms with Gasteiger partial charge in [0.25, 0.3) is 5.91 Å². The van der Waals surface area contributed by atoms with E-state index in [-0.39, 0.29) is 17.6 Å². The summed E-state index contributed by atoms with van der Waals surface area (Å²) in [5.41, 5.74) is 2.04. The molecule has 1 heterocycles. The summed E-state index contributed by atoms with van der Waals surface area (Å²) in [4.78, 5) is 12.3. The van der Waals surface area contributed by atoms with Crippen LogP contribution in [0.5, 0.6) is 0 Å². The van der Waals surface area contributed by atoms with Crippen molar-refractivity contribution < 1.29 is 14.3 Å². The van der Waals surface area contributed by atoms with E-state index in [0.29, 0.717) is 27.2 Å². The maximum atomic E-state index is 12.3. The van der Waals surface area contributed by atoms with Crippen molar-refractivity contribution in [2.75, 3.05) is 5.32 Å². The molecule has 7 heteroatoms. The van der Waals surface area contributed by atoms with Crippen molar-refractivity contribution in [2.24, 2.45) is 0 Å². The van der Waals surface area contributed by atoms with Crippen LogP contribution in [0, 0.1) is 0 Å². The van der Waals surface area contributed by atoms with E-state index in [1.807, 2.05) is 30.3 Å². The number of halogens is 1. The summed E-state index contributed by atoms with van der Waals surface area (Å²) in [5.74, 6) is 0.834. The summed E-state index contributed by atoms with van der Waals surface area (Å²) < 4.78 is 6.22. The predicted octanol–water partition coefficient (Wildman–Crippen LogP) is 4.33. The van der Waals surface area contributed by atoms with Crippen LogP contribution in [0.1, 0.15) is 16.1 Å². The van der Waals surface area contributed by atoms with Crippen LogP contribution in [0.3, 0.4) is 0 Å². The number of thiocarbonyl (C=S) groups is 1. The summed E-state index contributed by atoms with van der Waals surface area (Å²) >= 11 is 8.57. The molecule has 0 spiro atoms. The van der Waals surface area contributed by atoms with E-state index in [4.69, 9.17) is 21.7 Å². The van der Waals surface area contributed by atoms with Gasteiger partial charge in [0.05, 0.1) is 5.56 Å². The van der Waals surface area contributed by atoms with Crippen molar-refractivity contribution >= 4 is 44.9 Å². The van der Waals surface area contributed by atoms with E-state index in [1.165, 1.54) is 0 Å². The second kappa shape index (κ2) is 8.27. The number of amides is 1. The van der Waals surface area contributed by atoms with Gasteiger partial charge in [0.1, 0.15) is 18.1 Å². The van der Waals surface area contributed by atoms with Crippen LogP contribution in [0.25, 0.3) is 11.3 Å². The number of nitrogens with one attached hydrogen (secondary N) is 2. The average Bonchev–Trinajstić information content (AvgIpc) is 3.11. The highest BCUT2D eigenvalue weighted by molar-refractivity contribution is 9.10. The number of carbonyl (C=O) groups is 1. The summed E-state index contributed by atoms with van der Waals surface area (Å²) in [6.45, 7) is -0.150. The second-order valence-electron chi connectivity index (χ2n) is 5.39. The number of rotatable bonds is 4. The van der Waals surface area contributed by atoms with Crippen LogP contribution in [0.4, 0.5) is 5.69 Å². The van der Waals surface area contributed by atoms with Gasteiger partial charge >= 0.3 is 0 Å². The molecular formula is C19H15BrN2O3S. The molecule has 0 aliphatic heterocycles. The van der Waals surface area contributed by atoms with E-state index in [0.717, 1.165) is 5.56 Å². The van der Waals surface area contributed by atoms with Crippen LogP contribution in [0.15, 0.2) is 69.6 Å². The van der Waals surface area contributed by atoms with Crippen LogP contribution < -0.4 is 10.6 Å². The van der Waals surface area contributed by atoms with Crippen molar-refractivity contribution in [3.05, 3.63) is 76.5 Å². The summed E-state index contributed by atoms with van der Waals surface area (Å²) in [6, 6.07) is 18.0. The molecule has 3 aromatic rings. The Morgan fingerprint density at radius 3 is 2.65 bits per heavy atom. The molecular weight excluding hydrogens is 416 g/mol. The fraction of sp³-hybridized carbons (Fsp3) is 0.0526. The molecule has 0 atom stereocenters. The second-order valence-corrected chi connectivity index (χ2v) is 6.66. The van der Waals surface area contributed by atoms with Gasteiger partial charge in [-0.05, 0) is 64.5 Å². The molecule has 0 saturated carbocycles. The van der Waals surface area contributed by atoms with Gasteiger partial charge in [0.15, 0.2) is 5.11 Å². The van der Waals surface area contributed by atoms with E-state index in [2.05, 4.69) is 26.6 Å². The van der Waals surface area contributed by atoms with E-state index < -0.39 is 0 Å². The number of carbonyl (C=O) groups excluding carboxylic acids is 1. The van der Waals surface area contributed by atoms with E-state index in [9.17, 15) is 4.79 Å². The third-order valence-electron chi connectivity index (χ3n) is 3.57. The van der Waals surface area contributed by atoms with Gasteiger partial charge in [0.2, 0.25) is 0 Å². The third-order valence-corrected chi connectivity index (χ3v) is 4.46. The number of hydrogen-bond acceptors (Lipinski definition) is 4. The van der Waals surface area contributed by atoms with Crippen molar-refractivity contribution in [3.63, 3.8) is 0 Å². The Balaban J connectivity index is 1.69. The highest BCUT2D eigenvalue weighted by Crippen LogP contribution is 2.25. The number of furan rings is 1. The first-order valence-electron chi connectivity index (χ1n) is 7.73. The smallest absolute Gasteiger partial charge is 0.258 e. The Morgan fingerprint density at radius 2 is 1.92 bits per heavy atom. The molecule has 3 rings (SSSR count). The fourth-order valence-electron chi connectivity index (χ4n) is 2.35. The minimum absolute atomic E-state index is 0.150. The van der Waals surface area contributed by atoms with Crippen LogP contribution in [0.2, 0.25) is 0 Å². The Labute approximate surface area is 164 Å². The molecule has 2 aromatic carbocycles. The lowest BCUT2D eigenvalue weighted by atomic mass is 10.1. The number of aliphatic hydroxyl groups excluding tert-OH is 1. The minimum Gasteiger partial charge on any atom is -0.459 e. The SMILES string of the molecule is O=C(NC(=S)Nc1cccc(-c2ccc(CO)o2)c1)c1ccccc1Br. The first-order chi connectivity index (χ1) is 12.6. The minimum atomic E-state index is -0.301. The predicted molar refractivity (Wildman–Crippen MR) is 108 cm³/mol. The molecule has 1 aromatic heterocycles. The number of benzene rings is 2. The molecule has 0 unspecified atom stereocenters. The van der Waals surface area contributed by atoms with Gasteiger partial charge < -0.3 is 14.8 Å². The molecule has 0 fully saturated rings. The summed E-state index contributed by atoms with van der Waals surface area (Å²) in [7, 11) is 0. The van der Waals surface area contributed by atoms with E-state index >= 15 is 0 Å². The lowest BCUT2D eigenvalue weighted by molar-refractivity contribution is 0.0977. The van der Waals surface area contributed by atoms with Gasteiger partial charge in [0, 0.05) is 15.7 Å². The van der Waals surface area contributed by atoms with Crippen LogP contribution >= 0.6 is 28.1 Å². The van der Waals surface area contributed by atoms with Gasteiger partial charge in [-0.15, -0.1) is 0 Å². The molecule has 26 heavy (non-hydrogen) atoms. The molecule has 0 saturated heterocycles. The summed E-state index contributed by atoms with van der Waals surface area (Å²) in [5, 5.41) is 14.9. The zero-order valence-corrected chi connectivity index (χ0v) is 15.9. The summed E-state index contributed by atoms with van der Waals surface area (Å²) in [6.07, 6.45) is 0. The van der Waals surface area contributed by atoms with Crippen molar-refractivity contribution in [2.45, 2.75) is 6.61 Å². The van der Waals surface area contributed by atoms with Gasteiger partial charge in [-0.1, -0.05) is 24.3 Å². The molecule has 5 nitrogen and oxygen atoms in total. The van der Waals surface area contributed by atoms with Crippen molar-refractivity contribution in [3.8, 4) is 11.3 Å². The zero-order valence-electron chi connectivity index (χ0n) is 13.5. The normalized spacial score (nSPS) is 10.4. The highest BCUT2D eigenvalue weighted by Gasteiger charge is 2.11. The quantitative estimate of drug-likeness (QED) is 0.537. The number of hydrogen-bond donors (Lipinski definition) is 3. The fourth-order valence-corrected chi connectivity index (χ4v) is 3.02. The molecule has 0 aliphatic rings. The van der Waals surface area contributed by atoms with Gasteiger partial charge in [-0.2, -0.15) is 0 Å². The van der Waals surface area contributed by atoms with Gasteiger partial charge in [-0.25, -0.2) is 0 Å². The lowest BCUT2D eigenvalue weighted by Crippen LogP contribution is -2.34. The highest BCUT2D eigenvalue weighted by atomic mass is 79.9. The molecule has 0 aliphatic carbocycles.